The molecule has 0 spiro atoms. The highest BCUT2D eigenvalue weighted by molar-refractivity contribution is 6.01. The number of pyridine rings is 1. The number of H-pyrrole nitrogens is 1. The average Bonchev–Trinajstić information content (AvgIpc) is 3.65. The number of carbonyl (C=O) groups excluding carboxylic acids is 3. The number of imide groups is 1. The molecule has 6 rings (SSSR count). The zero-order valence-electron chi connectivity index (χ0n) is 26.7. The molecular weight excluding hydrogens is 634 g/mol. The molecular formula is C35H32F2N8O4. The first-order valence-electron chi connectivity index (χ1n) is 15.5. The van der Waals surface area contributed by atoms with Gasteiger partial charge in [0.05, 0.1) is 29.7 Å². The van der Waals surface area contributed by atoms with Gasteiger partial charge < -0.3 is 19.9 Å². The van der Waals surface area contributed by atoms with Crippen LogP contribution in [0.2, 0.25) is 0 Å². The molecule has 0 bridgehead atoms. The second-order valence-corrected chi connectivity index (χ2v) is 11.5. The van der Waals surface area contributed by atoms with E-state index < -0.39 is 23.6 Å². The number of aromatic nitrogens is 4. The zero-order valence-corrected chi connectivity index (χ0v) is 26.7. The number of rotatable bonds is 6. The van der Waals surface area contributed by atoms with Crippen LogP contribution >= 0.6 is 0 Å². The number of urea groups is 1. The van der Waals surface area contributed by atoms with E-state index in [4.69, 9.17) is 4.74 Å². The van der Waals surface area contributed by atoms with E-state index in [9.17, 15) is 18.8 Å². The lowest BCUT2D eigenvalue weighted by Crippen LogP contribution is -2.50. The van der Waals surface area contributed by atoms with Gasteiger partial charge in [0.25, 0.3) is 0 Å². The summed E-state index contributed by atoms with van der Waals surface area (Å²) in [5.41, 5.74) is 3.37. The highest BCUT2D eigenvalue weighted by Crippen LogP contribution is 2.31. The van der Waals surface area contributed by atoms with Gasteiger partial charge in [-0.15, -0.1) is 0 Å². The van der Waals surface area contributed by atoms with Gasteiger partial charge in [-0.25, -0.2) is 23.4 Å². The van der Waals surface area contributed by atoms with Gasteiger partial charge in [0.1, 0.15) is 17.2 Å². The predicted molar refractivity (Wildman–Crippen MR) is 177 cm³/mol. The highest BCUT2D eigenvalue weighted by atomic mass is 19.1. The van der Waals surface area contributed by atoms with Crippen LogP contribution in [0.4, 0.5) is 24.1 Å². The fourth-order valence-corrected chi connectivity index (χ4v) is 5.36. The minimum absolute atomic E-state index is 0.0878. The molecule has 14 heteroatoms. The quantitative estimate of drug-likeness (QED) is 0.218. The molecule has 1 fully saturated rings. The number of carbonyl (C=O) groups is 3. The molecule has 0 radical (unpaired) electrons. The van der Waals surface area contributed by atoms with Crippen molar-refractivity contribution in [1.82, 2.24) is 34.9 Å². The Hall–Kier alpha value is -6.07. The van der Waals surface area contributed by atoms with Crippen molar-refractivity contribution in [2.45, 2.75) is 20.3 Å². The van der Waals surface area contributed by atoms with Gasteiger partial charge in [0, 0.05) is 49.8 Å². The van der Waals surface area contributed by atoms with E-state index in [1.165, 1.54) is 47.3 Å². The maximum atomic E-state index is 15.0. The van der Waals surface area contributed by atoms with Crippen molar-refractivity contribution in [1.29, 1.82) is 0 Å². The lowest BCUT2D eigenvalue weighted by Gasteiger charge is -2.33. The second kappa shape index (κ2) is 14.4. The number of nitrogens with one attached hydrogen (secondary N) is 3. The number of anilines is 1. The number of hydrogen-bond donors (Lipinski definition) is 3. The lowest BCUT2D eigenvalue weighted by molar-refractivity contribution is -0.119. The van der Waals surface area contributed by atoms with Crippen LogP contribution in [-0.4, -0.2) is 80.2 Å². The Morgan fingerprint density at radius 2 is 1.73 bits per heavy atom. The lowest BCUT2D eigenvalue weighted by atomic mass is 10.1. The molecule has 0 aliphatic carbocycles. The Morgan fingerprint density at radius 1 is 0.959 bits per heavy atom. The molecule has 49 heavy (non-hydrogen) atoms. The largest absolute Gasteiger partial charge is 0.453 e. The van der Waals surface area contributed by atoms with E-state index >= 15 is 4.39 Å². The maximum absolute atomic E-state index is 15.0. The summed E-state index contributed by atoms with van der Waals surface area (Å²) in [4.78, 5) is 48.7. The third-order valence-electron chi connectivity index (χ3n) is 7.79. The van der Waals surface area contributed by atoms with Crippen molar-refractivity contribution in [3.63, 3.8) is 0 Å². The van der Waals surface area contributed by atoms with Crippen LogP contribution in [0.3, 0.4) is 0 Å². The van der Waals surface area contributed by atoms with E-state index in [0.717, 1.165) is 17.5 Å². The predicted octanol–water partition coefficient (Wildman–Crippen LogP) is 4.97. The SMILES string of the molecule is Cc1cc(C)n(C(=O)N2CCN(CC#Cc3cc4c(Oc5ccc(NC(=O)NC(=O)Cc6ccc(F)cc6)cc5F)ccnc4[nH]3)CC2)n1. The van der Waals surface area contributed by atoms with Crippen LogP contribution in [0.25, 0.3) is 11.0 Å². The topological polar surface area (TPSA) is 137 Å². The molecule has 3 N–H and O–H groups in total. The van der Waals surface area contributed by atoms with Crippen molar-refractivity contribution < 1.29 is 27.9 Å². The molecule has 3 aromatic heterocycles. The zero-order chi connectivity index (χ0) is 34.5. The number of halogens is 2. The van der Waals surface area contributed by atoms with E-state index in [1.807, 2.05) is 19.9 Å². The van der Waals surface area contributed by atoms with Gasteiger partial charge in [0.2, 0.25) is 5.91 Å². The third-order valence-corrected chi connectivity index (χ3v) is 7.79. The van der Waals surface area contributed by atoms with Gasteiger partial charge in [-0.05, 0) is 67.8 Å². The van der Waals surface area contributed by atoms with Crippen LogP contribution in [0.5, 0.6) is 11.5 Å². The molecule has 12 nitrogen and oxygen atoms in total. The van der Waals surface area contributed by atoms with Crippen molar-refractivity contribution in [2.24, 2.45) is 0 Å². The van der Waals surface area contributed by atoms with Gasteiger partial charge in [-0.1, -0.05) is 18.1 Å². The van der Waals surface area contributed by atoms with Gasteiger partial charge in [0.15, 0.2) is 11.6 Å². The molecule has 4 heterocycles. The summed E-state index contributed by atoms with van der Waals surface area (Å²) in [5, 5.41) is 9.46. The summed E-state index contributed by atoms with van der Waals surface area (Å²) in [6.45, 7) is 6.77. The smallest absolute Gasteiger partial charge is 0.344 e. The molecule has 1 aliphatic heterocycles. The molecule has 1 aliphatic rings. The number of hydrogen-bond acceptors (Lipinski definition) is 7. The number of aryl methyl sites for hydroxylation is 2. The van der Waals surface area contributed by atoms with Crippen molar-refractivity contribution in [2.75, 3.05) is 38.0 Å². The number of fused-ring (bicyclic) bond motifs is 1. The number of piperazine rings is 1. The highest BCUT2D eigenvalue weighted by Gasteiger charge is 2.23. The van der Waals surface area contributed by atoms with Gasteiger partial charge >= 0.3 is 12.1 Å². The molecule has 0 unspecified atom stereocenters. The molecule has 1 saturated heterocycles. The maximum Gasteiger partial charge on any atom is 0.344 e. The van der Waals surface area contributed by atoms with Crippen LogP contribution < -0.4 is 15.4 Å². The Morgan fingerprint density at radius 3 is 2.45 bits per heavy atom. The Kier molecular flexibility index (Phi) is 9.63. The summed E-state index contributed by atoms with van der Waals surface area (Å²) in [6, 6.07) is 13.5. The van der Waals surface area contributed by atoms with Crippen LogP contribution in [0.1, 0.15) is 22.6 Å². The normalized spacial score (nSPS) is 13.1. The summed E-state index contributed by atoms with van der Waals surface area (Å²) in [6.07, 6.45) is 1.40. The molecule has 4 amide bonds. The van der Waals surface area contributed by atoms with Gasteiger partial charge in [-0.3, -0.25) is 15.0 Å². The Bertz CT molecular complexity index is 2090. The summed E-state index contributed by atoms with van der Waals surface area (Å²) < 4.78 is 35.4. The number of benzene rings is 2. The van der Waals surface area contributed by atoms with Crippen molar-refractivity contribution >= 4 is 34.7 Å². The van der Waals surface area contributed by atoms with Crippen LogP contribution in [-0.2, 0) is 11.2 Å². The van der Waals surface area contributed by atoms with Crippen molar-refractivity contribution in [3.8, 4) is 23.3 Å². The summed E-state index contributed by atoms with van der Waals surface area (Å²) in [5.74, 6) is 4.76. The Balaban J connectivity index is 1.02. The fraction of sp³-hybridized carbons (Fsp3) is 0.229. The number of nitrogens with zero attached hydrogens (tertiary/aromatic N) is 5. The van der Waals surface area contributed by atoms with Gasteiger partial charge in [-0.2, -0.15) is 9.78 Å². The monoisotopic (exact) mass is 666 g/mol. The number of aromatic amines is 1. The first-order chi connectivity index (χ1) is 23.6. The first-order valence-corrected chi connectivity index (χ1v) is 15.5. The van der Waals surface area contributed by atoms with Crippen LogP contribution in [0.15, 0.2) is 66.9 Å². The molecule has 0 saturated carbocycles. The van der Waals surface area contributed by atoms with E-state index in [1.54, 1.807) is 17.0 Å². The molecule has 0 atom stereocenters. The Labute approximate surface area is 280 Å². The van der Waals surface area contributed by atoms with Crippen molar-refractivity contribution in [3.05, 3.63) is 101 Å². The summed E-state index contributed by atoms with van der Waals surface area (Å²) in [7, 11) is 0. The van der Waals surface area contributed by atoms with E-state index in [-0.39, 0.29) is 23.9 Å². The van der Waals surface area contributed by atoms with E-state index in [2.05, 4.69) is 42.4 Å². The molecule has 250 valence electrons. The van der Waals surface area contributed by atoms with E-state index in [0.29, 0.717) is 60.8 Å². The fourth-order valence-electron chi connectivity index (χ4n) is 5.36. The minimum atomic E-state index is -0.843. The standard InChI is InChI=1S/C35H32F2N8O4/c1-22-18-23(2)45(42-22)35(48)44-16-14-43(15-17-44)13-3-4-26-20-28-30(11-12-38-33(28)39-26)49-31-10-9-27(21-29(31)37)40-34(47)41-32(46)19-24-5-7-25(36)8-6-24/h5-12,18,20-21H,13-17,19H2,1-2H3,(H,38,39)(H2,40,41,46,47). The molecule has 5 aromatic rings. The first kappa shape index (κ1) is 32.9. The number of amides is 4. The second-order valence-electron chi connectivity index (χ2n) is 11.5. The van der Waals surface area contributed by atoms with Crippen LogP contribution in [0, 0.1) is 37.3 Å². The average molecular weight is 667 g/mol. The summed E-state index contributed by atoms with van der Waals surface area (Å²) >= 11 is 0. The minimum Gasteiger partial charge on any atom is -0.453 e. The third kappa shape index (κ3) is 8.09. The number of ether oxygens (including phenoxy) is 1. The molecule has 2 aromatic carbocycles.